The highest BCUT2D eigenvalue weighted by molar-refractivity contribution is 5.90. The van der Waals surface area contributed by atoms with Gasteiger partial charge >= 0.3 is 0 Å². The Labute approximate surface area is 308 Å². The van der Waals surface area contributed by atoms with Crippen molar-refractivity contribution in [1.29, 1.82) is 0 Å². The van der Waals surface area contributed by atoms with Crippen LogP contribution in [0, 0.1) is 0 Å². The number of allylic oxidation sites excluding steroid dienone is 3. The molecule has 0 saturated heterocycles. The fraction of sp³-hybridized carbons (Fsp3) is 0. The Morgan fingerprint density at radius 1 is 0.585 bits per heavy atom. The molecule has 0 N–H and O–H groups in total. The van der Waals surface area contributed by atoms with Gasteiger partial charge in [-0.15, -0.1) is 0 Å². The molecular formula is C48H35N5. The van der Waals surface area contributed by atoms with E-state index in [1.165, 1.54) is 0 Å². The van der Waals surface area contributed by atoms with Gasteiger partial charge in [-0.05, 0) is 64.7 Å². The van der Waals surface area contributed by atoms with Crippen molar-refractivity contribution in [2.24, 2.45) is 0 Å². The molecule has 8 rings (SSSR count). The van der Waals surface area contributed by atoms with E-state index in [0.29, 0.717) is 17.5 Å². The van der Waals surface area contributed by atoms with Crippen LogP contribution in [0.2, 0.25) is 0 Å². The standard InChI is InChI=1S/C48H35N5/c1-4-5-16-41-32-40(29-30-49-41)36-23-27-39(28-24-36)48-51-46(37-14-8-6-9-15-37)50-47(52-48)38-25-21-35(22-26-38)33(2)31-45-34(3)43-19-12-13-20-44(43)53(45)42-17-10-7-11-18-42/h4-32H,1-3H2/b16-5-,45-31+. The number of fused-ring (bicyclic) bond motifs is 1. The van der Waals surface area contributed by atoms with E-state index in [2.05, 4.69) is 126 Å². The summed E-state index contributed by atoms with van der Waals surface area (Å²) >= 11 is 0. The Kier molecular flexibility index (Phi) is 9.04. The summed E-state index contributed by atoms with van der Waals surface area (Å²) in [5.41, 5.74) is 9.76. The first kappa shape index (κ1) is 32.9. The van der Waals surface area contributed by atoms with Crippen molar-refractivity contribution in [2.45, 2.75) is 0 Å². The summed E-state index contributed by atoms with van der Waals surface area (Å²) in [7, 11) is 0. The predicted octanol–water partition coefficient (Wildman–Crippen LogP) is 9.98. The molecular weight excluding hydrogens is 647 g/mol. The minimum absolute atomic E-state index is 0.594. The van der Waals surface area contributed by atoms with Crippen molar-refractivity contribution in [3.05, 3.63) is 199 Å². The molecule has 0 unspecified atom stereocenters. The van der Waals surface area contributed by atoms with Gasteiger partial charge in [-0.2, -0.15) is 0 Å². The summed E-state index contributed by atoms with van der Waals surface area (Å²) in [6, 6.07) is 49.3. The number of benzene rings is 5. The highest BCUT2D eigenvalue weighted by atomic mass is 15.0. The molecule has 0 atom stereocenters. The van der Waals surface area contributed by atoms with E-state index in [1.54, 1.807) is 6.08 Å². The third kappa shape index (κ3) is 6.79. The summed E-state index contributed by atoms with van der Waals surface area (Å²) in [4.78, 5) is 19.3. The SMILES string of the molecule is C=C/C=C\c1cc(-c2ccc(-c3nc(-c4ccccc4)nc(-c4ccc(C(=C)/C=c5\c(=C)c6ccccc6n5-c5ccccc5)cc4)n3)cc2)ccn1. The number of para-hydroxylation sites is 2. The monoisotopic (exact) mass is 681 g/mol. The number of aromatic nitrogens is 5. The molecule has 252 valence electrons. The molecule has 8 aromatic rings. The highest BCUT2D eigenvalue weighted by Crippen LogP contribution is 2.28. The molecule has 0 spiro atoms. The van der Waals surface area contributed by atoms with Crippen molar-refractivity contribution in [3.63, 3.8) is 0 Å². The lowest BCUT2D eigenvalue weighted by molar-refractivity contribution is 1.07. The zero-order chi connectivity index (χ0) is 36.1. The highest BCUT2D eigenvalue weighted by Gasteiger charge is 2.14. The van der Waals surface area contributed by atoms with Gasteiger partial charge in [-0.1, -0.05) is 147 Å². The van der Waals surface area contributed by atoms with Crippen LogP contribution in [0.5, 0.6) is 0 Å². The maximum absolute atomic E-state index is 4.98. The average Bonchev–Trinajstić information content (AvgIpc) is 3.51. The topological polar surface area (TPSA) is 56.5 Å². The summed E-state index contributed by atoms with van der Waals surface area (Å²) in [5, 5.41) is 3.08. The minimum Gasteiger partial charge on any atom is -0.309 e. The summed E-state index contributed by atoms with van der Waals surface area (Å²) in [6.45, 7) is 12.7. The van der Waals surface area contributed by atoms with Crippen molar-refractivity contribution in [3.8, 4) is 51.0 Å². The largest absolute Gasteiger partial charge is 0.309 e. The van der Waals surface area contributed by atoms with E-state index in [0.717, 1.165) is 71.8 Å². The molecule has 3 heterocycles. The van der Waals surface area contributed by atoms with Gasteiger partial charge in [0, 0.05) is 39.2 Å². The molecule has 0 aliphatic heterocycles. The average molecular weight is 682 g/mol. The Bertz CT molecular complexity index is 2740. The van der Waals surface area contributed by atoms with Crippen molar-refractivity contribution in [2.75, 3.05) is 0 Å². The zero-order valence-electron chi connectivity index (χ0n) is 29.1. The molecule has 3 aromatic heterocycles. The van der Waals surface area contributed by atoms with Crippen molar-refractivity contribution >= 4 is 35.2 Å². The maximum Gasteiger partial charge on any atom is 0.164 e. The molecule has 0 aliphatic carbocycles. The van der Waals surface area contributed by atoms with Gasteiger partial charge in [0.25, 0.3) is 0 Å². The lowest BCUT2D eigenvalue weighted by Gasteiger charge is -2.10. The van der Waals surface area contributed by atoms with Crippen LogP contribution < -0.4 is 10.6 Å². The molecule has 53 heavy (non-hydrogen) atoms. The van der Waals surface area contributed by atoms with Crippen molar-refractivity contribution < 1.29 is 0 Å². The quantitative estimate of drug-likeness (QED) is 0.142. The normalized spacial score (nSPS) is 11.7. The van der Waals surface area contributed by atoms with Crippen LogP contribution in [0.15, 0.2) is 177 Å². The molecule has 0 bridgehead atoms. The minimum atomic E-state index is 0.594. The molecule has 5 nitrogen and oxygen atoms in total. The molecule has 5 heteroatoms. The van der Waals surface area contributed by atoms with E-state index in [-0.39, 0.29) is 0 Å². The van der Waals surface area contributed by atoms with Gasteiger partial charge in [-0.3, -0.25) is 4.98 Å². The summed E-state index contributed by atoms with van der Waals surface area (Å²) < 4.78 is 2.25. The zero-order valence-corrected chi connectivity index (χ0v) is 29.1. The van der Waals surface area contributed by atoms with Crippen LogP contribution in [0.1, 0.15) is 11.3 Å². The third-order valence-electron chi connectivity index (χ3n) is 9.19. The first-order valence-corrected chi connectivity index (χ1v) is 17.4. The van der Waals surface area contributed by atoms with Crippen LogP contribution >= 0.6 is 0 Å². The molecule has 0 amide bonds. The van der Waals surface area contributed by atoms with Gasteiger partial charge in [0.05, 0.1) is 16.6 Å². The molecule has 0 radical (unpaired) electrons. The van der Waals surface area contributed by atoms with Gasteiger partial charge in [0.15, 0.2) is 17.5 Å². The second-order valence-electron chi connectivity index (χ2n) is 12.6. The Morgan fingerprint density at radius 3 is 1.81 bits per heavy atom. The smallest absolute Gasteiger partial charge is 0.164 e. The molecule has 0 aliphatic rings. The van der Waals surface area contributed by atoms with E-state index < -0.39 is 0 Å². The maximum atomic E-state index is 4.98. The lowest BCUT2D eigenvalue weighted by atomic mass is 10.0. The number of pyridine rings is 1. The number of nitrogens with zero attached hydrogens (tertiary/aromatic N) is 5. The van der Waals surface area contributed by atoms with Gasteiger partial charge in [0.1, 0.15) is 0 Å². The second kappa shape index (κ2) is 14.5. The van der Waals surface area contributed by atoms with E-state index in [9.17, 15) is 0 Å². The van der Waals surface area contributed by atoms with Crippen LogP contribution in [0.3, 0.4) is 0 Å². The predicted molar refractivity (Wildman–Crippen MR) is 220 cm³/mol. The summed E-state index contributed by atoms with van der Waals surface area (Å²) in [6.07, 6.45) is 9.50. The Balaban J connectivity index is 1.15. The lowest BCUT2D eigenvalue weighted by Crippen LogP contribution is -2.27. The fourth-order valence-corrected chi connectivity index (χ4v) is 6.46. The Morgan fingerprint density at radius 2 is 1.15 bits per heavy atom. The van der Waals surface area contributed by atoms with E-state index >= 15 is 0 Å². The fourth-order valence-electron chi connectivity index (χ4n) is 6.46. The second-order valence-corrected chi connectivity index (χ2v) is 12.6. The third-order valence-corrected chi connectivity index (χ3v) is 9.19. The van der Waals surface area contributed by atoms with E-state index in [4.69, 9.17) is 15.0 Å². The van der Waals surface area contributed by atoms with E-state index in [1.807, 2.05) is 72.9 Å². The number of hydrogen-bond acceptors (Lipinski definition) is 4. The Hall–Kier alpha value is -7.24. The van der Waals surface area contributed by atoms with Crippen LogP contribution in [0.25, 0.3) is 86.2 Å². The number of hydrogen-bond donors (Lipinski definition) is 0. The van der Waals surface area contributed by atoms with Gasteiger partial charge in [-0.25, -0.2) is 15.0 Å². The van der Waals surface area contributed by atoms with Crippen LogP contribution in [0.4, 0.5) is 0 Å². The molecule has 0 saturated carbocycles. The van der Waals surface area contributed by atoms with Gasteiger partial charge in [0.2, 0.25) is 0 Å². The van der Waals surface area contributed by atoms with Gasteiger partial charge < -0.3 is 4.57 Å². The summed E-state index contributed by atoms with van der Waals surface area (Å²) in [5.74, 6) is 1.81. The number of rotatable bonds is 9. The van der Waals surface area contributed by atoms with Crippen molar-refractivity contribution in [1.82, 2.24) is 24.5 Å². The van der Waals surface area contributed by atoms with Crippen LogP contribution in [-0.2, 0) is 0 Å². The molecule has 0 fully saturated rings. The molecule has 5 aromatic carbocycles. The van der Waals surface area contributed by atoms with Crippen LogP contribution in [-0.4, -0.2) is 24.5 Å². The first-order valence-electron chi connectivity index (χ1n) is 17.4. The first-order chi connectivity index (χ1) is 26.1.